The van der Waals surface area contributed by atoms with E-state index >= 15 is 0 Å². The molecule has 1 aromatic rings. The largest absolute Gasteiger partial charge is 0.0776 e. The van der Waals surface area contributed by atoms with Crippen LogP contribution in [0.25, 0.3) is 0 Å². The van der Waals surface area contributed by atoms with Crippen LogP contribution >= 0.6 is 0 Å². The van der Waals surface area contributed by atoms with E-state index in [1.165, 1.54) is 12.0 Å². The molecule has 0 nitrogen and oxygen atoms in total. The fourth-order valence-corrected chi connectivity index (χ4v) is 1.02. The van der Waals surface area contributed by atoms with Gasteiger partial charge in [-0.3, -0.25) is 0 Å². The Hall–Kier alpha value is -0.780. The van der Waals surface area contributed by atoms with E-state index in [2.05, 4.69) is 44.2 Å². The molecule has 0 heteroatoms. The highest BCUT2D eigenvalue weighted by molar-refractivity contribution is 5.18. The third-order valence-electron chi connectivity index (χ3n) is 1.98. The minimum Gasteiger partial charge on any atom is -0.0776 e. The zero-order chi connectivity index (χ0) is 9.40. The highest BCUT2D eigenvalue weighted by atomic mass is 14.0. The SMILES string of the molecule is C.C.CC.CCC(C)c1ccccc1. The van der Waals surface area contributed by atoms with E-state index < -0.39 is 0 Å². The summed E-state index contributed by atoms with van der Waals surface area (Å²) in [6.45, 7) is 8.48. The predicted octanol–water partition coefficient (Wildman–Crippen LogP) is 5.50. The van der Waals surface area contributed by atoms with Crippen molar-refractivity contribution in [3.63, 3.8) is 0 Å². The summed E-state index contributed by atoms with van der Waals surface area (Å²) in [7, 11) is 0. The molecule has 0 amide bonds. The standard InChI is InChI=1S/C10H14.C2H6.2CH4/c1-3-9(2)10-7-5-4-6-8-10;1-2;;/h4-9H,3H2,1-2H3;1-2H3;2*1H4. The third kappa shape index (κ3) is 6.71. The van der Waals surface area contributed by atoms with Gasteiger partial charge in [-0.05, 0) is 17.9 Å². The summed E-state index contributed by atoms with van der Waals surface area (Å²) in [4.78, 5) is 0. The van der Waals surface area contributed by atoms with E-state index in [4.69, 9.17) is 0 Å². The smallest absolute Gasteiger partial charge is 0.0193 e. The lowest BCUT2D eigenvalue weighted by Gasteiger charge is -2.06. The van der Waals surface area contributed by atoms with Crippen LogP contribution in [0.1, 0.15) is 60.5 Å². The van der Waals surface area contributed by atoms with Crippen LogP contribution in [0.5, 0.6) is 0 Å². The zero-order valence-corrected chi connectivity index (χ0v) is 8.67. The average Bonchev–Trinajstić information content (AvgIpc) is 2.21. The summed E-state index contributed by atoms with van der Waals surface area (Å²) >= 11 is 0. The minimum atomic E-state index is 0. The monoisotopic (exact) mass is 196 g/mol. The van der Waals surface area contributed by atoms with Gasteiger partial charge in [0, 0.05) is 0 Å². The van der Waals surface area contributed by atoms with Crippen molar-refractivity contribution in [2.24, 2.45) is 0 Å². The molecule has 0 saturated carbocycles. The molecule has 0 fully saturated rings. The second-order valence-electron chi connectivity index (χ2n) is 2.72. The molecule has 1 unspecified atom stereocenters. The molecule has 14 heavy (non-hydrogen) atoms. The van der Waals surface area contributed by atoms with Gasteiger partial charge in [-0.2, -0.15) is 0 Å². The highest BCUT2D eigenvalue weighted by Crippen LogP contribution is 2.16. The van der Waals surface area contributed by atoms with Gasteiger partial charge in [0.2, 0.25) is 0 Å². The van der Waals surface area contributed by atoms with Gasteiger partial charge in [0.15, 0.2) is 0 Å². The molecule has 84 valence electrons. The highest BCUT2D eigenvalue weighted by Gasteiger charge is 1.98. The first-order chi connectivity index (χ1) is 5.84. The Balaban J connectivity index is -0.000000284. The zero-order valence-electron chi connectivity index (χ0n) is 8.67. The van der Waals surface area contributed by atoms with Crippen LogP contribution in [0.4, 0.5) is 0 Å². The second-order valence-corrected chi connectivity index (χ2v) is 2.72. The predicted molar refractivity (Wildman–Crippen MR) is 70.0 cm³/mol. The lowest BCUT2D eigenvalue weighted by molar-refractivity contribution is 0.733. The van der Waals surface area contributed by atoms with E-state index in [0.717, 1.165) is 0 Å². The summed E-state index contributed by atoms with van der Waals surface area (Å²) in [5, 5.41) is 0. The van der Waals surface area contributed by atoms with Gasteiger partial charge >= 0.3 is 0 Å². The summed E-state index contributed by atoms with van der Waals surface area (Å²) in [5.41, 5.74) is 1.45. The normalized spacial score (nSPS) is 9.71. The molecule has 0 N–H and O–H groups in total. The van der Waals surface area contributed by atoms with Gasteiger partial charge in [0.1, 0.15) is 0 Å². The van der Waals surface area contributed by atoms with Crippen LogP contribution in [-0.2, 0) is 0 Å². The number of rotatable bonds is 2. The number of hydrogen-bond donors (Lipinski definition) is 0. The Bertz CT molecular complexity index is 176. The summed E-state index contributed by atoms with van der Waals surface area (Å²) in [6, 6.07) is 10.6. The molecule has 0 saturated heterocycles. The third-order valence-corrected chi connectivity index (χ3v) is 1.98. The molecular formula is C14H28. The summed E-state index contributed by atoms with van der Waals surface area (Å²) in [5.74, 6) is 0.709. The lowest BCUT2D eigenvalue weighted by atomic mass is 9.99. The second kappa shape index (κ2) is 12.2. The fourth-order valence-electron chi connectivity index (χ4n) is 1.02. The van der Waals surface area contributed by atoms with Crippen molar-refractivity contribution in [2.75, 3.05) is 0 Å². The Kier molecular flexibility index (Phi) is 16.5. The molecule has 0 aliphatic rings. The molecule has 0 aliphatic heterocycles. The Morgan fingerprint density at radius 2 is 1.43 bits per heavy atom. The first-order valence-electron chi connectivity index (χ1n) is 4.89. The van der Waals surface area contributed by atoms with Gasteiger partial charge in [-0.15, -0.1) is 0 Å². The van der Waals surface area contributed by atoms with Crippen molar-refractivity contribution in [3.05, 3.63) is 35.9 Å². The lowest BCUT2D eigenvalue weighted by Crippen LogP contribution is -1.88. The maximum absolute atomic E-state index is 2.26. The molecule has 0 aliphatic carbocycles. The van der Waals surface area contributed by atoms with Crippen LogP contribution in [0, 0.1) is 0 Å². The van der Waals surface area contributed by atoms with E-state index in [0.29, 0.717) is 5.92 Å². The summed E-state index contributed by atoms with van der Waals surface area (Å²) < 4.78 is 0. The van der Waals surface area contributed by atoms with Crippen molar-refractivity contribution in [1.82, 2.24) is 0 Å². The maximum Gasteiger partial charge on any atom is -0.0193 e. The summed E-state index contributed by atoms with van der Waals surface area (Å²) in [6.07, 6.45) is 1.23. The Morgan fingerprint density at radius 3 is 1.79 bits per heavy atom. The van der Waals surface area contributed by atoms with E-state index in [9.17, 15) is 0 Å². The molecule has 0 aromatic heterocycles. The molecule has 1 atom stereocenters. The van der Waals surface area contributed by atoms with Gasteiger partial charge < -0.3 is 0 Å². The molecule has 0 radical (unpaired) electrons. The first-order valence-corrected chi connectivity index (χ1v) is 4.89. The Morgan fingerprint density at radius 1 is 1.00 bits per heavy atom. The average molecular weight is 196 g/mol. The first kappa shape index (κ1) is 18.9. The Labute approximate surface area is 91.4 Å². The van der Waals surface area contributed by atoms with Crippen LogP contribution in [0.15, 0.2) is 30.3 Å². The van der Waals surface area contributed by atoms with Crippen molar-refractivity contribution in [2.45, 2.75) is 54.9 Å². The maximum atomic E-state index is 2.26. The van der Waals surface area contributed by atoms with Crippen LogP contribution in [-0.4, -0.2) is 0 Å². The van der Waals surface area contributed by atoms with Gasteiger partial charge in [0.05, 0.1) is 0 Å². The molecule has 0 bridgehead atoms. The molecule has 0 heterocycles. The van der Waals surface area contributed by atoms with E-state index in [1.54, 1.807) is 0 Å². The van der Waals surface area contributed by atoms with Crippen LogP contribution in [0.3, 0.4) is 0 Å². The number of benzene rings is 1. The molecule has 1 rings (SSSR count). The number of hydrogen-bond acceptors (Lipinski definition) is 0. The van der Waals surface area contributed by atoms with Gasteiger partial charge in [-0.1, -0.05) is 72.9 Å². The van der Waals surface area contributed by atoms with Crippen molar-refractivity contribution < 1.29 is 0 Å². The molecule has 1 aromatic carbocycles. The van der Waals surface area contributed by atoms with E-state index in [1.807, 2.05) is 13.8 Å². The van der Waals surface area contributed by atoms with E-state index in [-0.39, 0.29) is 14.9 Å². The fraction of sp³-hybridized carbons (Fsp3) is 0.571. The van der Waals surface area contributed by atoms with Crippen LogP contribution in [0.2, 0.25) is 0 Å². The van der Waals surface area contributed by atoms with Gasteiger partial charge in [0.25, 0.3) is 0 Å². The van der Waals surface area contributed by atoms with Crippen molar-refractivity contribution in [3.8, 4) is 0 Å². The van der Waals surface area contributed by atoms with Gasteiger partial charge in [-0.25, -0.2) is 0 Å². The topological polar surface area (TPSA) is 0 Å². The minimum absolute atomic E-state index is 0. The molecular weight excluding hydrogens is 168 g/mol. The molecule has 0 spiro atoms. The van der Waals surface area contributed by atoms with Crippen molar-refractivity contribution >= 4 is 0 Å². The quantitative estimate of drug-likeness (QED) is 0.586. The van der Waals surface area contributed by atoms with Crippen molar-refractivity contribution in [1.29, 1.82) is 0 Å². The van der Waals surface area contributed by atoms with Crippen LogP contribution < -0.4 is 0 Å².